The van der Waals surface area contributed by atoms with Crippen LogP contribution in [0.25, 0.3) is 0 Å². The molecule has 0 aliphatic carbocycles. The van der Waals surface area contributed by atoms with Crippen molar-refractivity contribution in [2.75, 3.05) is 12.3 Å². The molecule has 1 rings (SSSR count). The van der Waals surface area contributed by atoms with Crippen LogP contribution in [0.2, 0.25) is 0 Å². The zero-order valence-corrected chi connectivity index (χ0v) is 9.54. The average molecular weight is 231 g/mol. The molecule has 0 spiro atoms. The summed E-state index contributed by atoms with van der Waals surface area (Å²) < 4.78 is 0. The topological polar surface area (TPSA) is 91.0 Å². The molecule has 0 aromatic carbocycles. The van der Waals surface area contributed by atoms with Crippen LogP contribution < -0.4 is 17.2 Å². The van der Waals surface area contributed by atoms with E-state index in [0.717, 1.165) is 31.4 Å². The molecule has 6 N–H and O–H groups in total. The maximum atomic E-state index is 5.98. The summed E-state index contributed by atoms with van der Waals surface area (Å²) in [6.45, 7) is 0.718. The van der Waals surface area contributed by atoms with Crippen LogP contribution in [-0.4, -0.2) is 11.5 Å². The van der Waals surface area contributed by atoms with Gasteiger partial charge in [0.15, 0.2) is 0 Å². The van der Waals surface area contributed by atoms with E-state index in [4.69, 9.17) is 17.2 Å². The summed E-state index contributed by atoms with van der Waals surface area (Å²) in [5.41, 5.74) is 18.0. The van der Waals surface area contributed by atoms with Crippen molar-refractivity contribution in [3.05, 3.63) is 23.9 Å². The van der Waals surface area contributed by atoms with Crippen molar-refractivity contribution in [3.8, 4) is 0 Å². The van der Waals surface area contributed by atoms with Crippen LogP contribution in [0.15, 0.2) is 18.3 Å². The molecule has 1 aromatic rings. The molecule has 0 aliphatic heterocycles. The lowest BCUT2D eigenvalue weighted by atomic mass is 10.0. The third kappa shape index (κ3) is 4.46. The molecule has 4 nitrogen and oxygen atoms in total. The number of hydrogen-bond acceptors (Lipinski definition) is 4. The van der Waals surface area contributed by atoms with Gasteiger partial charge in [0, 0.05) is 17.8 Å². The Labute approximate surface area is 96.6 Å². The molecular formula is C10H19ClN4. The van der Waals surface area contributed by atoms with Gasteiger partial charge in [-0.1, -0.05) is 12.5 Å². The van der Waals surface area contributed by atoms with Crippen molar-refractivity contribution in [2.24, 2.45) is 11.5 Å². The smallest absolute Gasteiger partial charge is 0.128 e. The number of unbranched alkanes of at least 4 members (excludes halogenated alkanes) is 1. The van der Waals surface area contributed by atoms with Crippen molar-refractivity contribution in [2.45, 2.75) is 25.3 Å². The SMILES string of the molecule is Cl.NCCCC[C@H](N)c1cccnc1N. The number of nitrogens with zero attached hydrogens (tertiary/aromatic N) is 1. The maximum Gasteiger partial charge on any atom is 0.128 e. The molecule has 0 saturated heterocycles. The normalized spacial score (nSPS) is 11.9. The lowest BCUT2D eigenvalue weighted by Crippen LogP contribution is -2.13. The van der Waals surface area contributed by atoms with Gasteiger partial charge in [0.1, 0.15) is 5.82 Å². The number of pyridine rings is 1. The monoisotopic (exact) mass is 230 g/mol. The largest absolute Gasteiger partial charge is 0.383 e. The van der Waals surface area contributed by atoms with Crippen molar-refractivity contribution in [3.63, 3.8) is 0 Å². The van der Waals surface area contributed by atoms with Gasteiger partial charge < -0.3 is 17.2 Å². The first-order valence-electron chi connectivity index (χ1n) is 4.91. The Morgan fingerprint density at radius 2 is 2.07 bits per heavy atom. The first kappa shape index (κ1) is 14.2. The number of aromatic nitrogens is 1. The second-order valence-electron chi connectivity index (χ2n) is 3.37. The lowest BCUT2D eigenvalue weighted by Gasteiger charge is -2.12. The summed E-state index contributed by atoms with van der Waals surface area (Å²) in [5, 5.41) is 0. The van der Waals surface area contributed by atoms with Crippen LogP contribution in [0.5, 0.6) is 0 Å². The molecule has 1 heterocycles. The van der Waals surface area contributed by atoms with E-state index in [0.29, 0.717) is 5.82 Å². The Morgan fingerprint density at radius 3 is 2.67 bits per heavy atom. The molecule has 15 heavy (non-hydrogen) atoms. The highest BCUT2D eigenvalue weighted by Crippen LogP contribution is 2.20. The Morgan fingerprint density at radius 1 is 1.33 bits per heavy atom. The molecule has 0 unspecified atom stereocenters. The van der Waals surface area contributed by atoms with Crippen molar-refractivity contribution < 1.29 is 0 Å². The van der Waals surface area contributed by atoms with E-state index in [1.807, 2.05) is 12.1 Å². The average Bonchev–Trinajstić information content (AvgIpc) is 2.18. The van der Waals surface area contributed by atoms with E-state index in [1.165, 1.54) is 0 Å². The first-order chi connectivity index (χ1) is 6.75. The fourth-order valence-electron chi connectivity index (χ4n) is 1.41. The minimum atomic E-state index is -0.0183. The zero-order chi connectivity index (χ0) is 10.4. The summed E-state index contributed by atoms with van der Waals surface area (Å²) in [6, 6.07) is 3.76. The molecule has 0 bridgehead atoms. The maximum absolute atomic E-state index is 5.98. The van der Waals surface area contributed by atoms with Crippen molar-refractivity contribution in [1.29, 1.82) is 0 Å². The molecule has 1 aromatic heterocycles. The van der Waals surface area contributed by atoms with Gasteiger partial charge in [-0.05, 0) is 25.5 Å². The number of nitrogens with two attached hydrogens (primary N) is 3. The fourth-order valence-corrected chi connectivity index (χ4v) is 1.41. The standard InChI is InChI=1S/C10H18N4.ClH/c11-6-2-1-5-9(12)8-4-3-7-14-10(8)13;/h3-4,7,9H,1-2,5-6,11-12H2,(H2,13,14);1H/t9-;/m0./s1. The molecule has 1 atom stereocenters. The van der Waals surface area contributed by atoms with Gasteiger partial charge in [0.25, 0.3) is 0 Å². The van der Waals surface area contributed by atoms with Gasteiger partial charge >= 0.3 is 0 Å². The second kappa shape index (κ2) is 7.45. The lowest BCUT2D eigenvalue weighted by molar-refractivity contribution is 0.591. The highest BCUT2D eigenvalue weighted by atomic mass is 35.5. The molecule has 0 radical (unpaired) electrons. The van der Waals surface area contributed by atoms with E-state index < -0.39 is 0 Å². The summed E-state index contributed by atoms with van der Waals surface area (Å²) >= 11 is 0. The van der Waals surface area contributed by atoms with Crippen LogP contribution in [0, 0.1) is 0 Å². The van der Waals surface area contributed by atoms with Gasteiger partial charge in [-0.25, -0.2) is 4.98 Å². The molecule has 86 valence electrons. The van der Waals surface area contributed by atoms with Gasteiger partial charge in [0.05, 0.1) is 0 Å². The Hall–Kier alpha value is -0.840. The summed E-state index contributed by atoms with van der Waals surface area (Å²) in [7, 11) is 0. The molecule has 0 saturated carbocycles. The van der Waals surface area contributed by atoms with Gasteiger partial charge in [-0.3, -0.25) is 0 Å². The van der Waals surface area contributed by atoms with Gasteiger partial charge in [-0.2, -0.15) is 0 Å². The molecule has 0 amide bonds. The number of nitrogen functional groups attached to an aromatic ring is 1. The third-order valence-corrected chi connectivity index (χ3v) is 2.24. The van der Waals surface area contributed by atoms with Crippen molar-refractivity contribution >= 4 is 18.2 Å². The van der Waals surface area contributed by atoms with E-state index in [2.05, 4.69) is 4.98 Å². The zero-order valence-electron chi connectivity index (χ0n) is 8.73. The van der Waals surface area contributed by atoms with E-state index in [-0.39, 0.29) is 18.4 Å². The fraction of sp³-hybridized carbons (Fsp3) is 0.500. The first-order valence-corrected chi connectivity index (χ1v) is 4.91. The highest BCUT2D eigenvalue weighted by molar-refractivity contribution is 5.85. The van der Waals surface area contributed by atoms with E-state index >= 15 is 0 Å². The molecule has 5 heteroatoms. The molecular weight excluding hydrogens is 212 g/mol. The summed E-state index contributed by atoms with van der Waals surface area (Å²) in [6.07, 6.45) is 4.62. The van der Waals surface area contributed by atoms with Gasteiger partial charge in [0.2, 0.25) is 0 Å². The number of anilines is 1. The van der Waals surface area contributed by atoms with E-state index in [9.17, 15) is 0 Å². The van der Waals surface area contributed by atoms with Crippen LogP contribution >= 0.6 is 12.4 Å². The molecule has 0 aliphatic rings. The van der Waals surface area contributed by atoms with Gasteiger partial charge in [-0.15, -0.1) is 12.4 Å². The van der Waals surface area contributed by atoms with E-state index in [1.54, 1.807) is 6.20 Å². The minimum absolute atomic E-state index is 0. The number of hydrogen-bond donors (Lipinski definition) is 3. The third-order valence-electron chi connectivity index (χ3n) is 2.24. The number of rotatable bonds is 5. The predicted octanol–water partition coefficient (Wildman–Crippen LogP) is 1.21. The Bertz CT molecular complexity index is 280. The van der Waals surface area contributed by atoms with Crippen LogP contribution in [0.3, 0.4) is 0 Å². The Kier molecular flexibility index (Phi) is 7.03. The van der Waals surface area contributed by atoms with Crippen LogP contribution in [-0.2, 0) is 0 Å². The quantitative estimate of drug-likeness (QED) is 0.664. The summed E-state index contributed by atoms with van der Waals surface area (Å²) in [4.78, 5) is 4.00. The van der Waals surface area contributed by atoms with Crippen molar-refractivity contribution in [1.82, 2.24) is 4.98 Å². The minimum Gasteiger partial charge on any atom is -0.383 e. The highest BCUT2D eigenvalue weighted by Gasteiger charge is 2.08. The number of halogens is 1. The Balaban J connectivity index is 0.00000196. The summed E-state index contributed by atoms with van der Waals surface area (Å²) in [5.74, 6) is 0.535. The second-order valence-corrected chi connectivity index (χ2v) is 3.37. The predicted molar refractivity (Wildman–Crippen MR) is 65.7 cm³/mol. The molecule has 0 fully saturated rings. The van der Waals surface area contributed by atoms with Crippen LogP contribution in [0.1, 0.15) is 30.9 Å². The van der Waals surface area contributed by atoms with Crippen LogP contribution in [0.4, 0.5) is 5.82 Å².